The standard InChI is InChI=1S/C14H14FN3O/c1-3-9-4-5-11(15)13(14(16)19)12(9)10-6-17-8(2)18-7-10/h4-7H,3H2,1-2H3,(H2,16,19). The van der Waals surface area contributed by atoms with E-state index in [9.17, 15) is 9.18 Å². The Bertz CT molecular complexity index is 623. The first-order chi connectivity index (χ1) is 9.04. The zero-order valence-electron chi connectivity index (χ0n) is 10.8. The molecule has 0 aliphatic carbocycles. The van der Waals surface area contributed by atoms with E-state index in [1.807, 2.05) is 6.92 Å². The Morgan fingerprint density at radius 2 is 1.95 bits per heavy atom. The van der Waals surface area contributed by atoms with Gasteiger partial charge in [0.1, 0.15) is 11.6 Å². The molecule has 98 valence electrons. The van der Waals surface area contributed by atoms with Crippen molar-refractivity contribution >= 4 is 5.91 Å². The number of halogens is 1. The normalized spacial score (nSPS) is 10.5. The van der Waals surface area contributed by atoms with Crippen molar-refractivity contribution in [3.8, 4) is 11.1 Å². The quantitative estimate of drug-likeness (QED) is 0.919. The molecule has 0 saturated heterocycles. The van der Waals surface area contributed by atoms with Crippen molar-refractivity contribution in [2.24, 2.45) is 5.73 Å². The number of aryl methyl sites for hydroxylation is 2. The van der Waals surface area contributed by atoms with Crippen molar-refractivity contribution in [1.82, 2.24) is 9.97 Å². The zero-order chi connectivity index (χ0) is 14.0. The molecule has 5 heteroatoms. The van der Waals surface area contributed by atoms with Crippen LogP contribution < -0.4 is 5.73 Å². The Labute approximate surface area is 110 Å². The summed E-state index contributed by atoms with van der Waals surface area (Å²) in [6, 6.07) is 2.91. The van der Waals surface area contributed by atoms with Crippen LogP contribution in [0.3, 0.4) is 0 Å². The van der Waals surface area contributed by atoms with Gasteiger partial charge in [0.25, 0.3) is 5.91 Å². The molecule has 1 aromatic carbocycles. The van der Waals surface area contributed by atoms with Crippen LogP contribution in [0.1, 0.15) is 28.7 Å². The Morgan fingerprint density at radius 1 is 1.32 bits per heavy atom. The van der Waals surface area contributed by atoms with Crippen LogP contribution in [0.15, 0.2) is 24.5 Å². The van der Waals surface area contributed by atoms with Crippen molar-refractivity contribution in [3.63, 3.8) is 0 Å². The van der Waals surface area contributed by atoms with Crippen molar-refractivity contribution in [3.05, 3.63) is 47.3 Å². The maximum absolute atomic E-state index is 13.8. The molecule has 0 aliphatic rings. The van der Waals surface area contributed by atoms with E-state index in [1.54, 1.807) is 25.4 Å². The monoisotopic (exact) mass is 259 g/mol. The number of nitrogens with zero attached hydrogens (tertiary/aromatic N) is 2. The van der Waals surface area contributed by atoms with Crippen LogP contribution in [0.5, 0.6) is 0 Å². The van der Waals surface area contributed by atoms with E-state index in [2.05, 4.69) is 9.97 Å². The topological polar surface area (TPSA) is 68.9 Å². The first-order valence-electron chi connectivity index (χ1n) is 5.94. The summed E-state index contributed by atoms with van der Waals surface area (Å²) in [7, 11) is 0. The van der Waals surface area contributed by atoms with E-state index in [0.717, 1.165) is 5.56 Å². The summed E-state index contributed by atoms with van der Waals surface area (Å²) in [6.07, 6.45) is 3.80. The second-order valence-electron chi connectivity index (χ2n) is 4.19. The summed E-state index contributed by atoms with van der Waals surface area (Å²) in [4.78, 5) is 19.6. The highest BCUT2D eigenvalue weighted by molar-refractivity contribution is 6.00. The lowest BCUT2D eigenvalue weighted by atomic mass is 9.94. The van der Waals surface area contributed by atoms with E-state index >= 15 is 0 Å². The van der Waals surface area contributed by atoms with E-state index in [1.165, 1.54) is 6.07 Å². The molecule has 1 amide bonds. The molecule has 0 saturated carbocycles. The number of rotatable bonds is 3. The highest BCUT2D eigenvalue weighted by Crippen LogP contribution is 2.29. The van der Waals surface area contributed by atoms with Gasteiger partial charge in [0, 0.05) is 23.5 Å². The summed E-state index contributed by atoms with van der Waals surface area (Å²) in [6.45, 7) is 3.68. The van der Waals surface area contributed by atoms with Gasteiger partial charge in [0.05, 0.1) is 5.56 Å². The summed E-state index contributed by atoms with van der Waals surface area (Å²) >= 11 is 0. The minimum absolute atomic E-state index is 0.105. The van der Waals surface area contributed by atoms with Crippen LogP contribution in [0.2, 0.25) is 0 Å². The highest BCUT2D eigenvalue weighted by Gasteiger charge is 2.19. The van der Waals surface area contributed by atoms with Gasteiger partial charge in [-0.15, -0.1) is 0 Å². The predicted molar refractivity (Wildman–Crippen MR) is 70.1 cm³/mol. The van der Waals surface area contributed by atoms with Gasteiger partial charge in [-0.1, -0.05) is 13.0 Å². The minimum atomic E-state index is -0.789. The van der Waals surface area contributed by atoms with Gasteiger partial charge in [-0.3, -0.25) is 4.79 Å². The number of hydrogen-bond acceptors (Lipinski definition) is 3. The molecule has 2 N–H and O–H groups in total. The van der Waals surface area contributed by atoms with Gasteiger partial charge in [-0.05, 0) is 25.0 Å². The number of primary amides is 1. The molecule has 0 spiro atoms. The lowest BCUT2D eigenvalue weighted by molar-refractivity contribution is 0.0997. The predicted octanol–water partition coefficient (Wildman–Crippen LogP) is 2.25. The van der Waals surface area contributed by atoms with E-state index in [0.29, 0.717) is 23.4 Å². The first kappa shape index (κ1) is 13.1. The van der Waals surface area contributed by atoms with Crippen molar-refractivity contribution in [2.75, 3.05) is 0 Å². The summed E-state index contributed by atoms with van der Waals surface area (Å²) in [5.41, 5.74) is 7.09. The smallest absolute Gasteiger partial charge is 0.252 e. The third kappa shape index (κ3) is 2.45. The van der Waals surface area contributed by atoms with Crippen LogP contribution in [0.4, 0.5) is 4.39 Å². The Kier molecular flexibility index (Phi) is 3.55. The largest absolute Gasteiger partial charge is 0.365 e. The molecule has 0 unspecified atom stereocenters. The van der Waals surface area contributed by atoms with Gasteiger partial charge in [0.2, 0.25) is 0 Å². The van der Waals surface area contributed by atoms with Crippen molar-refractivity contribution in [2.45, 2.75) is 20.3 Å². The van der Waals surface area contributed by atoms with Crippen molar-refractivity contribution in [1.29, 1.82) is 0 Å². The molecule has 0 fully saturated rings. The Hall–Kier alpha value is -2.30. The number of hydrogen-bond donors (Lipinski definition) is 1. The number of amides is 1. The summed E-state index contributed by atoms with van der Waals surface area (Å²) in [5, 5.41) is 0. The van der Waals surface area contributed by atoms with Gasteiger partial charge in [0.15, 0.2) is 0 Å². The number of aromatic nitrogens is 2. The fourth-order valence-electron chi connectivity index (χ4n) is 2.01. The summed E-state index contributed by atoms with van der Waals surface area (Å²) in [5.74, 6) is -0.803. The third-order valence-electron chi connectivity index (χ3n) is 2.94. The van der Waals surface area contributed by atoms with E-state index < -0.39 is 11.7 Å². The fraction of sp³-hybridized carbons (Fsp3) is 0.214. The number of carbonyl (C=O) groups excluding carboxylic acids is 1. The third-order valence-corrected chi connectivity index (χ3v) is 2.94. The SMILES string of the molecule is CCc1ccc(F)c(C(N)=O)c1-c1cnc(C)nc1. The van der Waals surface area contributed by atoms with Crippen LogP contribution >= 0.6 is 0 Å². The van der Waals surface area contributed by atoms with Gasteiger partial charge < -0.3 is 5.73 Å². The van der Waals surface area contributed by atoms with Crippen LogP contribution in [0, 0.1) is 12.7 Å². The average Bonchev–Trinajstić information content (AvgIpc) is 2.39. The fourth-order valence-corrected chi connectivity index (χ4v) is 2.01. The lowest BCUT2D eigenvalue weighted by Gasteiger charge is -2.12. The molecule has 19 heavy (non-hydrogen) atoms. The first-order valence-corrected chi connectivity index (χ1v) is 5.94. The molecular formula is C14H14FN3O. The van der Waals surface area contributed by atoms with Crippen molar-refractivity contribution < 1.29 is 9.18 Å². The Balaban J connectivity index is 2.75. The van der Waals surface area contributed by atoms with E-state index in [-0.39, 0.29) is 5.56 Å². The van der Waals surface area contributed by atoms with Gasteiger partial charge in [-0.2, -0.15) is 0 Å². The average molecular weight is 259 g/mol. The molecule has 0 bridgehead atoms. The van der Waals surface area contributed by atoms with Crippen LogP contribution in [-0.2, 0) is 6.42 Å². The highest BCUT2D eigenvalue weighted by atomic mass is 19.1. The lowest BCUT2D eigenvalue weighted by Crippen LogP contribution is -2.16. The molecule has 2 aromatic rings. The van der Waals surface area contributed by atoms with Gasteiger partial charge in [-0.25, -0.2) is 14.4 Å². The molecule has 4 nitrogen and oxygen atoms in total. The van der Waals surface area contributed by atoms with Crippen LogP contribution in [-0.4, -0.2) is 15.9 Å². The number of nitrogens with two attached hydrogens (primary N) is 1. The van der Waals surface area contributed by atoms with Gasteiger partial charge >= 0.3 is 0 Å². The molecule has 1 heterocycles. The number of carbonyl (C=O) groups is 1. The molecule has 1 aromatic heterocycles. The molecular weight excluding hydrogens is 245 g/mol. The number of benzene rings is 1. The maximum Gasteiger partial charge on any atom is 0.252 e. The summed E-state index contributed by atoms with van der Waals surface area (Å²) < 4.78 is 13.8. The maximum atomic E-state index is 13.8. The van der Waals surface area contributed by atoms with Crippen LogP contribution in [0.25, 0.3) is 11.1 Å². The Morgan fingerprint density at radius 3 is 2.47 bits per heavy atom. The molecule has 0 aliphatic heterocycles. The molecule has 0 atom stereocenters. The van der Waals surface area contributed by atoms with E-state index in [4.69, 9.17) is 5.73 Å². The second-order valence-corrected chi connectivity index (χ2v) is 4.19. The molecule has 0 radical (unpaired) electrons. The zero-order valence-corrected chi connectivity index (χ0v) is 10.8. The second kappa shape index (κ2) is 5.14. The molecule has 2 rings (SSSR count). The minimum Gasteiger partial charge on any atom is -0.365 e.